The van der Waals surface area contributed by atoms with Gasteiger partial charge in [0.2, 0.25) is 10.0 Å². The Labute approximate surface area is 113 Å². The van der Waals surface area contributed by atoms with Gasteiger partial charge in [0.05, 0.1) is 5.75 Å². The lowest BCUT2D eigenvalue weighted by Gasteiger charge is -2.23. The second kappa shape index (κ2) is 9.72. The highest BCUT2D eigenvalue weighted by Crippen LogP contribution is 2.06. The normalized spacial score (nSPS) is 12.6. The Bertz CT molecular complexity index is 292. The van der Waals surface area contributed by atoms with Crippen molar-refractivity contribution < 1.29 is 8.42 Å². The smallest absolute Gasteiger partial charge is 0.214 e. The average Bonchev–Trinajstić information content (AvgIpc) is 2.29. The van der Waals surface area contributed by atoms with Gasteiger partial charge in [-0.1, -0.05) is 6.92 Å². The van der Waals surface area contributed by atoms with Crippen LogP contribution in [-0.2, 0) is 10.0 Å². The number of likely N-dealkylation sites (N-methyl/N-ethyl adjacent to an activating group) is 1. The van der Waals surface area contributed by atoms with E-state index < -0.39 is 10.0 Å². The fourth-order valence-corrected chi connectivity index (χ4v) is 3.31. The van der Waals surface area contributed by atoms with E-state index in [-0.39, 0.29) is 5.75 Å². The van der Waals surface area contributed by atoms with Crippen LogP contribution < -0.4 is 5.32 Å². The fourth-order valence-electron chi connectivity index (χ4n) is 1.67. The molecule has 6 heteroatoms. The molecule has 0 unspecified atom stereocenters. The van der Waals surface area contributed by atoms with Crippen molar-refractivity contribution in [2.75, 3.05) is 53.1 Å². The van der Waals surface area contributed by atoms with Gasteiger partial charge in [0.25, 0.3) is 0 Å². The first-order valence-corrected chi connectivity index (χ1v) is 8.32. The molecule has 0 radical (unpaired) electrons. The van der Waals surface area contributed by atoms with Gasteiger partial charge in [-0.25, -0.2) is 12.7 Å². The Morgan fingerprint density at radius 1 is 1.06 bits per heavy atom. The first-order chi connectivity index (χ1) is 8.44. The van der Waals surface area contributed by atoms with E-state index in [4.69, 9.17) is 0 Å². The van der Waals surface area contributed by atoms with Crippen LogP contribution in [0.4, 0.5) is 0 Å². The number of nitrogens with zero attached hydrogens (tertiary/aromatic N) is 2. The molecule has 0 rings (SSSR count). The minimum Gasteiger partial charge on any atom is -0.320 e. The molecule has 0 aliphatic carbocycles. The van der Waals surface area contributed by atoms with Crippen molar-refractivity contribution in [1.29, 1.82) is 0 Å². The van der Waals surface area contributed by atoms with Crippen molar-refractivity contribution in [1.82, 2.24) is 14.5 Å². The van der Waals surface area contributed by atoms with Crippen molar-refractivity contribution in [2.45, 2.75) is 26.2 Å². The average molecular weight is 279 g/mol. The van der Waals surface area contributed by atoms with E-state index in [2.05, 4.69) is 5.32 Å². The van der Waals surface area contributed by atoms with Crippen molar-refractivity contribution in [2.24, 2.45) is 0 Å². The van der Waals surface area contributed by atoms with Crippen LogP contribution in [0.1, 0.15) is 26.2 Å². The molecule has 0 saturated carbocycles. The van der Waals surface area contributed by atoms with Gasteiger partial charge in [-0.2, -0.15) is 0 Å². The van der Waals surface area contributed by atoms with Crippen LogP contribution in [0.3, 0.4) is 0 Å². The molecule has 0 aliphatic rings. The van der Waals surface area contributed by atoms with Crippen LogP contribution in [0.2, 0.25) is 0 Å². The minimum absolute atomic E-state index is 0.266. The second-order valence-corrected chi connectivity index (χ2v) is 6.92. The molecule has 0 aromatic heterocycles. The van der Waals surface area contributed by atoms with Gasteiger partial charge in [-0.05, 0) is 47.0 Å². The Morgan fingerprint density at radius 2 is 1.72 bits per heavy atom. The molecule has 0 aliphatic heterocycles. The molecule has 0 atom stereocenters. The number of hydrogen-bond acceptors (Lipinski definition) is 4. The van der Waals surface area contributed by atoms with Crippen LogP contribution in [0.15, 0.2) is 0 Å². The van der Waals surface area contributed by atoms with Crippen LogP contribution in [0.5, 0.6) is 0 Å². The number of sulfonamides is 1. The molecule has 0 aromatic rings. The molecule has 5 nitrogen and oxygen atoms in total. The van der Waals surface area contributed by atoms with E-state index in [0.29, 0.717) is 13.1 Å². The molecule has 18 heavy (non-hydrogen) atoms. The van der Waals surface area contributed by atoms with Crippen LogP contribution in [0, 0.1) is 0 Å². The topological polar surface area (TPSA) is 52.7 Å². The third-order valence-corrected chi connectivity index (χ3v) is 4.70. The molecule has 0 saturated heterocycles. The van der Waals surface area contributed by atoms with Crippen LogP contribution in [0.25, 0.3) is 0 Å². The lowest BCUT2D eigenvalue weighted by atomic mass is 10.3. The standard InChI is InChI=1S/C12H29N3O2S/c1-5-9-15(11-10-14(3)4)18(16,17)12-7-6-8-13-2/h13H,5-12H2,1-4H3. The van der Waals surface area contributed by atoms with E-state index in [1.165, 1.54) is 0 Å². The lowest BCUT2D eigenvalue weighted by molar-refractivity contribution is 0.332. The monoisotopic (exact) mass is 279 g/mol. The van der Waals surface area contributed by atoms with Gasteiger partial charge in [-0.15, -0.1) is 0 Å². The summed E-state index contributed by atoms with van der Waals surface area (Å²) in [6.07, 6.45) is 2.50. The predicted molar refractivity (Wildman–Crippen MR) is 77.4 cm³/mol. The highest BCUT2D eigenvalue weighted by Gasteiger charge is 2.20. The first kappa shape index (κ1) is 17.8. The molecule has 0 heterocycles. The molecular formula is C12H29N3O2S. The summed E-state index contributed by atoms with van der Waals surface area (Å²) in [5.41, 5.74) is 0. The zero-order chi connectivity index (χ0) is 14.0. The van der Waals surface area contributed by atoms with E-state index in [1.54, 1.807) is 4.31 Å². The minimum atomic E-state index is -3.08. The van der Waals surface area contributed by atoms with Crippen LogP contribution >= 0.6 is 0 Å². The fraction of sp³-hybridized carbons (Fsp3) is 1.00. The molecule has 0 fully saturated rings. The van der Waals surface area contributed by atoms with Gasteiger partial charge in [0, 0.05) is 19.6 Å². The molecule has 1 N–H and O–H groups in total. The van der Waals surface area contributed by atoms with Crippen molar-refractivity contribution >= 4 is 10.0 Å². The molecule has 0 spiro atoms. The van der Waals surface area contributed by atoms with E-state index in [0.717, 1.165) is 32.4 Å². The van der Waals surface area contributed by atoms with Gasteiger partial charge in [-0.3, -0.25) is 0 Å². The lowest BCUT2D eigenvalue weighted by Crippen LogP contribution is -2.38. The van der Waals surface area contributed by atoms with Gasteiger partial charge >= 0.3 is 0 Å². The van der Waals surface area contributed by atoms with E-state index in [9.17, 15) is 8.42 Å². The van der Waals surface area contributed by atoms with Crippen LogP contribution in [-0.4, -0.2) is 70.7 Å². The first-order valence-electron chi connectivity index (χ1n) is 6.71. The number of nitrogens with one attached hydrogen (secondary N) is 1. The summed E-state index contributed by atoms with van der Waals surface area (Å²) < 4.78 is 26.0. The third-order valence-electron chi connectivity index (χ3n) is 2.74. The van der Waals surface area contributed by atoms with Gasteiger partial charge in [0.1, 0.15) is 0 Å². The Morgan fingerprint density at radius 3 is 2.22 bits per heavy atom. The van der Waals surface area contributed by atoms with Crippen molar-refractivity contribution in [3.63, 3.8) is 0 Å². The zero-order valence-electron chi connectivity index (χ0n) is 12.3. The molecule has 0 aromatic carbocycles. The van der Waals surface area contributed by atoms with Crippen molar-refractivity contribution in [3.8, 4) is 0 Å². The Balaban J connectivity index is 4.27. The summed E-state index contributed by atoms with van der Waals surface area (Å²) in [6, 6.07) is 0. The molecule has 0 bridgehead atoms. The summed E-state index contributed by atoms with van der Waals surface area (Å²) in [4.78, 5) is 2.01. The molecule has 0 amide bonds. The quantitative estimate of drug-likeness (QED) is 0.563. The summed E-state index contributed by atoms with van der Waals surface area (Å²) >= 11 is 0. The molecular weight excluding hydrogens is 250 g/mol. The number of rotatable bonds is 11. The maximum atomic E-state index is 12.2. The largest absolute Gasteiger partial charge is 0.320 e. The maximum absolute atomic E-state index is 12.2. The number of hydrogen-bond donors (Lipinski definition) is 1. The van der Waals surface area contributed by atoms with E-state index in [1.807, 2.05) is 33.0 Å². The van der Waals surface area contributed by atoms with E-state index >= 15 is 0 Å². The van der Waals surface area contributed by atoms with Crippen molar-refractivity contribution in [3.05, 3.63) is 0 Å². The second-order valence-electron chi connectivity index (χ2n) is 4.83. The SMILES string of the molecule is CCCN(CCN(C)C)S(=O)(=O)CCCCNC. The highest BCUT2D eigenvalue weighted by molar-refractivity contribution is 7.89. The summed E-state index contributed by atoms with van der Waals surface area (Å²) in [6.45, 7) is 4.88. The number of unbranched alkanes of at least 4 members (excludes halogenated alkanes) is 1. The maximum Gasteiger partial charge on any atom is 0.214 e. The molecule has 110 valence electrons. The zero-order valence-corrected chi connectivity index (χ0v) is 13.1. The Hall–Kier alpha value is -0.170. The third kappa shape index (κ3) is 8.02. The summed E-state index contributed by atoms with van der Waals surface area (Å²) in [5, 5.41) is 3.03. The predicted octanol–water partition coefficient (Wildman–Crippen LogP) is 0.589. The summed E-state index contributed by atoms with van der Waals surface area (Å²) in [5.74, 6) is 0.266. The van der Waals surface area contributed by atoms with Gasteiger partial charge in [0.15, 0.2) is 0 Å². The summed E-state index contributed by atoms with van der Waals surface area (Å²) in [7, 11) is 2.73. The Kier molecular flexibility index (Phi) is 9.63. The highest BCUT2D eigenvalue weighted by atomic mass is 32.2. The van der Waals surface area contributed by atoms with Gasteiger partial charge < -0.3 is 10.2 Å².